The second kappa shape index (κ2) is 5.88. The van der Waals surface area contributed by atoms with Crippen molar-refractivity contribution >= 4 is 16.5 Å². The molecule has 3 N–H and O–H groups in total. The highest BCUT2D eigenvalue weighted by Gasteiger charge is 2.02. The van der Waals surface area contributed by atoms with Crippen LogP contribution in [0.3, 0.4) is 0 Å². The fourth-order valence-corrected chi connectivity index (χ4v) is 2.06. The van der Waals surface area contributed by atoms with Crippen LogP contribution in [0.25, 0.3) is 0 Å². The van der Waals surface area contributed by atoms with E-state index in [1.807, 2.05) is 17.8 Å². The Labute approximate surface area is 111 Å². The zero-order valence-corrected chi connectivity index (χ0v) is 11.4. The standard InChI is InChI=1S/C12H17N5S/c1-8(2)11-15-4-9(5-16-11)3-14-6-10-7-18-12(13)17-10/h4-5,7-8,14H,3,6H2,1-2H3,(H2,13,17). The van der Waals surface area contributed by atoms with E-state index in [0.29, 0.717) is 17.6 Å². The Morgan fingerprint density at radius 2 is 2.00 bits per heavy atom. The summed E-state index contributed by atoms with van der Waals surface area (Å²) >= 11 is 1.46. The van der Waals surface area contributed by atoms with E-state index >= 15 is 0 Å². The second-order valence-electron chi connectivity index (χ2n) is 4.38. The lowest BCUT2D eigenvalue weighted by molar-refractivity contribution is 0.673. The molecule has 0 fully saturated rings. The molecule has 2 aromatic heterocycles. The zero-order chi connectivity index (χ0) is 13.0. The second-order valence-corrected chi connectivity index (χ2v) is 5.27. The maximum Gasteiger partial charge on any atom is 0.180 e. The van der Waals surface area contributed by atoms with Gasteiger partial charge < -0.3 is 11.1 Å². The molecule has 0 aliphatic heterocycles. The van der Waals surface area contributed by atoms with Gasteiger partial charge in [-0.2, -0.15) is 0 Å². The van der Waals surface area contributed by atoms with Gasteiger partial charge in [0.05, 0.1) is 5.69 Å². The molecule has 96 valence electrons. The smallest absolute Gasteiger partial charge is 0.180 e. The SMILES string of the molecule is CC(C)c1ncc(CNCc2csc(N)n2)cn1. The monoisotopic (exact) mass is 263 g/mol. The van der Waals surface area contributed by atoms with Gasteiger partial charge in [0.2, 0.25) is 0 Å². The van der Waals surface area contributed by atoms with E-state index in [1.165, 1.54) is 11.3 Å². The number of aromatic nitrogens is 3. The largest absolute Gasteiger partial charge is 0.375 e. The Morgan fingerprint density at radius 1 is 1.28 bits per heavy atom. The first-order chi connectivity index (χ1) is 8.65. The number of hydrogen-bond acceptors (Lipinski definition) is 6. The Hall–Kier alpha value is -1.53. The molecule has 0 unspecified atom stereocenters. The van der Waals surface area contributed by atoms with Crippen molar-refractivity contribution in [2.24, 2.45) is 0 Å². The summed E-state index contributed by atoms with van der Waals surface area (Å²) in [6, 6.07) is 0. The fraction of sp³-hybridized carbons (Fsp3) is 0.417. The van der Waals surface area contributed by atoms with E-state index in [-0.39, 0.29) is 0 Å². The number of thiazole rings is 1. The summed E-state index contributed by atoms with van der Waals surface area (Å²) in [4.78, 5) is 12.8. The summed E-state index contributed by atoms with van der Waals surface area (Å²) in [6.45, 7) is 5.61. The highest BCUT2D eigenvalue weighted by molar-refractivity contribution is 7.13. The van der Waals surface area contributed by atoms with Crippen LogP contribution < -0.4 is 11.1 Å². The normalized spacial score (nSPS) is 11.1. The van der Waals surface area contributed by atoms with E-state index < -0.39 is 0 Å². The van der Waals surface area contributed by atoms with Crippen LogP contribution in [0, 0.1) is 0 Å². The van der Waals surface area contributed by atoms with Gasteiger partial charge in [-0.3, -0.25) is 0 Å². The highest BCUT2D eigenvalue weighted by Crippen LogP contribution is 2.11. The maximum absolute atomic E-state index is 5.57. The number of hydrogen-bond donors (Lipinski definition) is 2. The van der Waals surface area contributed by atoms with Gasteiger partial charge in [-0.15, -0.1) is 11.3 Å². The molecule has 0 aromatic carbocycles. The Morgan fingerprint density at radius 3 is 2.56 bits per heavy atom. The first-order valence-corrected chi connectivity index (χ1v) is 6.74. The molecule has 5 nitrogen and oxygen atoms in total. The lowest BCUT2D eigenvalue weighted by Gasteiger charge is -2.05. The van der Waals surface area contributed by atoms with Gasteiger partial charge in [0.25, 0.3) is 0 Å². The van der Waals surface area contributed by atoms with Crippen molar-refractivity contribution in [2.45, 2.75) is 32.9 Å². The van der Waals surface area contributed by atoms with E-state index in [1.54, 1.807) is 0 Å². The van der Waals surface area contributed by atoms with Gasteiger partial charge in [0.1, 0.15) is 5.82 Å². The quantitative estimate of drug-likeness (QED) is 0.862. The first kappa shape index (κ1) is 12.9. The van der Waals surface area contributed by atoms with E-state index in [0.717, 1.165) is 23.6 Å². The van der Waals surface area contributed by atoms with Gasteiger partial charge in [0.15, 0.2) is 5.13 Å². The predicted octanol–water partition coefficient (Wildman–Crippen LogP) is 1.93. The highest BCUT2D eigenvalue weighted by atomic mass is 32.1. The predicted molar refractivity (Wildman–Crippen MR) is 73.2 cm³/mol. The van der Waals surface area contributed by atoms with Crippen LogP contribution in [0.4, 0.5) is 5.13 Å². The van der Waals surface area contributed by atoms with E-state index in [9.17, 15) is 0 Å². The van der Waals surface area contributed by atoms with Crippen molar-refractivity contribution in [2.75, 3.05) is 5.73 Å². The van der Waals surface area contributed by atoms with Crippen LogP contribution in [-0.2, 0) is 13.1 Å². The molecule has 0 bridgehead atoms. The third kappa shape index (κ3) is 3.48. The fourth-order valence-electron chi connectivity index (χ4n) is 1.49. The van der Waals surface area contributed by atoms with Crippen molar-refractivity contribution < 1.29 is 0 Å². The Balaban J connectivity index is 1.83. The van der Waals surface area contributed by atoms with Gasteiger partial charge in [-0.05, 0) is 0 Å². The molecule has 0 radical (unpaired) electrons. The minimum Gasteiger partial charge on any atom is -0.375 e. The average molecular weight is 263 g/mol. The van der Waals surface area contributed by atoms with E-state index in [4.69, 9.17) is 5.73 Å². The summed E-state index contributed by atoms with van der Waals surface area (Å²) in [6.07, 6.45) is 3.73. The Bertz CT molecular complexity index is 491. The first-order valence-electron chi connectivity index (χ1n) is 5.86. The van der Waals surface area contributed by atoms with Gasteiger partial charge in [-0.25, -0.2) is 15.0 Å². The maximum atomic E-state index is 5.57. The Kier molecular flexibility index (Phi) is 4.22. The number of rotatable bonds is 5. The van der Waals surface area contributed by atoms with Crippen molar-refractivity contribution in [3.8, 4) is 0 Å². The van der Waals surface area contributed by atoms with Crippen molar-refractivity contribution in [3.63, 3.8) is 0 Å². The molecule has 0 saturated carbocycles. The number of nitrogens with zero attached hydrogens (tertiary/aromatic N) is 3. The average Bonchev–Trinajstić information content (AvgIpc) is 2.76. The van der Waals surface area contributed by atoms with Crippen molar-refractivity contribution in [3.05, 3.63) is 34.9 Å². The molecule has 0 amide bonds. The number of nitrogen functional groups attached to an aromatic ring is 1. The molecule has 0 aliphatic carbocycles. The molecule has 2 rings (SSSR count). The number of nitrogens with one attached hydrogen (secondary N) is 1. The number of nitrogens with two attached hydrogens (primary N) is 1. The molecule has 18 heavy (non-hydrogen) atoms. The summed E-state index contributed by atoms with van der Waals surface area (Å²) in [5.41, 5.74) is 7.61. The number of anilines is 1. The van der Waals surface area contributed by atoms with Crippen molar-refractivity contribution in [1.82, 2.24) is 20.3 Å². The molecule has 6 heteroatoms. The summed E-state index contributed by atoms with van der Waals surface area (Å²) in [7, 11) is 0. The van der Waals surface area contributed by atoms with Crippen LogP contribution in [0.15, 0.2) is 17.8 Å². The molecular formula is C12H17N5S. The van der Waals surface area contributed by atoms with Gasteiger partial charge in [0, 0.05) is 42.3 Å². The molecule has 0 atom stereocenters. The molecule has 2 heterocycles. The van der Waals surface area contributed by atoms with Crippen LogP contribution in [0.5, 0.6) is 0 Å². The summed E-state index contributed by atoms with van der Waals surface area (Å²) < 4.78 is 0. The molecule has 0 spiro atoms. The van der Waals surface area contributed by atoms with E-state index in [2.05, 4.69) is 34.1 Å². The van der Waals surface area contributed by atoms with Crippen LogP contribution in [0.2, 0.25) is 0 Å². The van der Waals surface area contributed by atoms with Crippen LogP contribution in [-0.4, -0.2) is 15.0 Å². The van der Waals surface area contributed by atoms with Crippen LogP contribution >= 0.6 is 11.3 Å². The summed E-state index contributed by atoms with van der Waals surface area (Å²) in [5.74, 6) is 1.25. The minimum absolute atomic E-state index is 0.366. The lowest BCUT2D eigenvalue weighted by Crippen LogP contribution is -2.13. The van der Waals surface area contributed by atoms with Gasteiger partial charge >= 0.3 is 0 Å². The van der Waals surface area contributed by atoms with Gasteiger partial charge in [-0.1, -0.05) is 13.8 Å². The molecule has 0 saturated heterocycles. The van der Waals surface area contributed by atoms with Crippen molar-refractivity contribution in [1.29, 1.82) is 0 Å². The third-order valence-corrected chi connectivity index (χ3v) is 3.17. The van der Waals surface area contributed by atoms with Crippen LogP contribution in [0.1, 0.15) is 36.8 Å². The lowest BCUT2D eigenvalue weighted by atomic mass is 10.2. The minimum atomic E-state index is 0.366. The molecular weight excluding hydrogens is 246 g/mol. The topological polar surface area (TPSA) is 76.7 Å². The summed E-state index contributed by atoms with van der Waals surface area (Å²) in [5, 5.41) is 5.86. The third-order valence-electron chi connectivity index (χ3n) is 2.45. The molecule has 2 aromatic rings. The molecule has 0 aliphatic rings. The zero-order valence-electron chi connectivity index (χ0n) is 10.6.